The maximum absolute atomic E-state index is 13.1. The van der Waals surface area contributed by atoms with Crippen LogP contribution in [0.15, 0.2) is 73.1 Å². The number of phenolic OH excluding ortho intramolecular Hbond substituents is 1. The van der Waals surface area contributed by atoms with Gasteiger partial charge in [-0.25, -0.2) is 9.97 Å². The van der Waals surface area contributed by atoms with Gasteiger partial charge >= 0.3 is 0 Å². The number of benzene rings is 2. The summed E-state index contributed by atoms with van der Waals surface area (Å²) < 4.78 is 0. The highest BCUT2D eigenvalue weighted by Crippen LogP contribution is 2.37. The summed E-state index contributed by atoms with van der Waals surface area (Å²) in [6.45, 7) is 4.19. The molecule has 2 N–H and O–H groups in total. The second kappa shape index (κ2) is 12.2. The number of aromatic hydroxyl groups is 1. The molecule has 1 aliphatic heterocycles. The normalized spacial score (nSPS) is 18.8. The monoisotopic (exact) mass is 499 g/mol. The summed E-state index contributed by atoms with van der Waals surface area (Å²) in [7, 11) is 0. The van der Waals surface area contributed by atoms with Crippen molar-refractivity contribution in [2.24, 2.45) is 5.92 Å². The molecule has 0 spiro atoms. The smallest absolute Gasteiger partial charge is 0.255 e. The molecule has 1 saturated carbocycles. The van der Waals surface area contributed by atoms with Crippen LogP contribution in [0.1, 0.15) is 53.9 Å². The minimum atomic E-state index is -0.229. The lowest BCUT2D eigenvalue weighted by molar-refractivity contribution is 0.0818. The fourth-order valence-corrected chi connectivity index (χ4v) is 6.13. The van der Waals surface area contributed by atoms with Crippen molar-refractivity contribution in [1.29, 1.82) is 0 Å². The van der Waals surface area contributed by atoms with Crippen molar-refractivity contribution in [3.63, 3.8) is 0 Å². The maximum Gasteiger partial charge on any atom is 0.255 e. The summed E-state index contributed by atoms with van der Waals surface area (Å²) in [5.74, 6) is 1.32. The third kappa shape index (κ3) is 6.10. The molecular weight excluding hydrogens is 462 g/mol. The molecule has 194 valence electrons. The molecule has 2 heterocycles. The zero-order valence-corrected chi connectivity index (χ0v) is 21.4. The van der Waals surface area contributed by atoms with E-state index >= 15 is 0 Å². The first kappa shape index (κ1) is 25.2. The van der Waals surface area contributed by atoms with E-state index in [2.05, 4.69) is 55.4 Å². The van der Waals surface area contributed by atoms with Crippen molar-refractivity contribution >= 4 is 11.9 Å². The number of hydrogen-bond acceptors (Lipinski definition) is 6. The van der Waals surface area contributed by atoms with Gasteiger partial charge in [0.1, 0.15) is 5.75 Å². The number of carbonyl (C=O) groups is 1. The Labute approximate surface area is 219 Å². The second-order valence-corrected chi connectivity index (χ2v) is 10.2. The predicted octanol–water partition coefficient (Wildman–Crippen LogP) is 4.47. The fourth-order valence-electron chi connectivity index (χ4n) is 6.13. The van der Waals surface area contributed by atoms with E-state index in [4.69, 9.17) is 0 Å². The van der Waals surface area contributed by atoms with Gasteiger partial charge in [-0.3, -0.25) is 9.69 Å². The number of amides is 1. The lowest BCUT2D eigenvalue weighted by atomic mass is 9.75. The van der Waals surface area contributed by atoms with Crippen molar-refractivity contribution < 1.29 is 9.90 Å². The third-order valence-corrected chi connectivity index (χ3v) is 7.97. The van der Waals surface area contributed by atoms with Gasteiger partial charge < -0.3 is 15.3 Å². The Bertz CT molecular complexity index is 1130. The van der Waals surface area contributed by atoms with Gasteiger partial charge in [-0.2, -0.15) is 0 Å². The third-order valence-electron chi connectivity index (χ3n) is 7.97. The molecule has 1 saturated heterocycles. The zero-order chi connectivity index (χ0) is 25.5. The van der Waals surface area contributed by atoms with Gasteiger partial charge in [-0.15, -0.1) is 0 Å². The van der Waals surface area contributed by atoms with E-state index < -0.39 is 0 Å². The van der Waals surface area contributed by atoms with Crippen LogP contribution in [-0.2, 0) is 0 Å². The molecule has 2 atom stereocenters. The molecule has 2 unspecified atom stereocenters. The van der Waals surface area contributed by atoms with Crippen LogP contribution in [-0.4, -0.2) is 64.6 Å². The first-order chi connectivity index (χ1) is 18.2. The van der Waals surface area contributed by atoms with Crippen molar-refractivity contribution in [3.8, 4) is 5.75 Å². The molecule has 1 amide bonds. The molecule has 7 nitrogen and oxygen atoms in total. The summed E-state index contributed by atoms with van der Waals surface area (Å²) in [5, 5.41) is 13.4. The zero-order valence-electron chi connectivity index (χ0n) is 21.4. The molecule has 1 aliphatic carbocycles. The summed E-state index contributed by atoms with van der Waals surface area (Å²) in [5.41, 5.74) is 1.57. The number of carbonyl (C=O) groups excluding carboxylic acids is 1. The van der Waals surface area contributed by atoms with E-state index in [1.54, 1.807) is 36.7 Å². The Morgan fingerprint density at radius 3 is 2.27 bits per heavy atom. The van der Waals surface area contributed by atoms with Gasteiger partial charge in [0.05, 0.1) is 5.56 Å². The van der Waals surface area contributed by atoms with Crippen LogP contribution in [0.25, 0.3) is 0 Å². The first-order valence-electron chi connectivity index (χ1n) is 13.6. The van der Waals surface area contributed by atoms with E-state index in [0.29, 0.717) is 24.1 Å². The largest absolute Gasteiger partial charge is 0.507 e. The summed E-state index contributed by atoms with van der Waals surface area (Å²) in [6, 6.07) is 19.6. The minimum Gasteiger partial charge on any atom is -0.507 e. The van der Waals surface area contributed by atoms with Gasteiger partial charge in [-0.05, 0) is 42.5 Å². The summed E-state index contributed by atoms with van der Waals surface area (Å²) in [4.78, 5) is 26.9. The topological polar surface area (TPSA) is 81.6 Å². The highest BCUT2D eigenvalue weighted by atomic mass is 16.3. The van der Waals surface area contributed by atoms with E-state index in [-0.39, 0.29) is 17.6 Å². The number of anilines is 1. The van der Waals surface area contributed by atoms with Crippen LogP contribution < -0.4 is 10.2 Å². The van der Waals surface area contributed by atoms with Crippen molar-refractivity contribution in [1.82, 2.24) is 20.2 Å². The average Bonchev–Trinajstić information content (AvgIpc) is 2.97. The maximum atomic E-state index is 13.1. The predicted molar refractivity (Wildman–Crippen MR) is 146 cm³/mol. The lowest BCUT2D eigenvalue weighted by Crippen LogP contribution is -2.56. The molecular formula is C30H37N5O2. The fraction of sp³-hybridized carbons (Fsp3) is 0.433. The number of aromatic nitrogens is 2. The Morgan fingerprint density at radius 2 is 1.57 bits per heavy atom. The molecule has 2 aromatic carbocycles. The van der Waals surface area contributed by atoms with E-state index in [9.17, 15) is 9.90 Å². The Hall–Kier alpha value is -3.45. The van der Waals surface area contributed by atoms with Gasteiger partial charge in [-0.1, -0.05) is 61.7 Å². The highest BCUT2D eigenvalue weighted by Gasteiger charge is 2.37. The number of hydrogen-bond donors (Lipinski definition) is 2. The molecule has 1 aromatic heterocycles. The van der Waals surface area contributed by atoms with Crippen molar-refractivity contribution in [3.05, 3.63) is 84.2 Å². The summed E-state index contributed by atoms with van der Waals surface area (Å²) in [6.07, 6.45) is 9.90. The first-order valence-corrected chi connectivity index (χ1v) is 13.6. The molecule has 2 fully saturated rings. The molecule has 0 radical (unpaired) electrons. The van der Waals surface area contributed by atoms with Crippen LogP contribution in [0.4, 0.5) is 5.95 Å². The quantitative estimate of drug-likeness (QED) is 0.476. The molecule has 2 aliphatic rings. The number of phenols is 1. The standard InChI is InChI=1S/C30H37N5O2/c36-27-15-8-7-14-25(27)29(37)33-22-26(23-10-3-1-4-11-23)28(24-12-5-2-6-13-24)34-18-20-35(21-19-34)30-31-16-9-17-32-30/h1,3-4,7-11,14-17,24,26,28,36H,2,5-6,12-13,18-22H2,(H,33,37). The number of nitrogens with one attached hydrogen (secondary N) is 1. The number of para-hydroxylation sites is 1. The van der Waals surface area contributed by atoms with Crippen LogP contribution >= 0.6 is 0 Å². The summed E-state index contributed by atoms with van der Waals surface area (Å²) >= 11 is 0. The number of nitrogens with zero attached hydrogens (tertiary/aromatic N) is 4. The highest BCUT2D eigenvalue weighted by molar-refractivity contribution is 5.96. The molecule has 37 heavy (non-hydrogen) atoms. The lowest BCUT2D eigenvalue weighted by Gasteiger charge is -2.47. The Kier molecular flexibility index (Phi) is 8.31. The average molecular weight is 500 g/mol. The Morgan fingerprint density at radius 1 is 0.892 bits per heavy atom. The van der Waals surface area contributed by atoms with Gasteiger partial charge in [0, 0.05) is 57.1 Å². The number of rotatable bonds is 8. The molecule has 5 rings (SSSR count). The molecule has 3 aromatic rings. The Balaban J connectivity index is 1.39. The van der Waals surface area contributed by atoms with E-state index in [1.165, 1.54) is 37.7 Å². The SMILES string of the molecule is O=C(NCC(c1ccccc1)C(C1CCCCC1)N1CCN(c2ncccn2)CC1)c1ccccc1O. The van der Waals surface area contributed by atoms with Gasteiger partial charge in [0.2, 0.25) is 5.95 Å². The molecule has 0 bridgehead atoms. The van der Waals surface area contributed by atoms with Gasteiger partial charge in [0.15, 0.2) is 0 Å². The van der Waals surface area contributed by atoms with Crippen molar-refractivity contribution in [2.45, 2.75) is 44.1 Å². The minimum absolute atomic E-state index is 0.0133. The van der Waals surface area contributed by atoms with E-state index in [0.717, 1.165) is 32.1 Å². The molecule has 7 heteroatoms. The second-order valence-electron chi connectivity index (χ2n) is 10.2. The van der Waals surface area contributed by atoms with Crippen molar-refractivity contribution in [2.75, 3.05) is 37.6 Å². The van der Waals surface area contributed by atoms with E-state index in [1.807, 2.05) is 6.07 Å². The van der Waals surface area contributed by atoms with Crippen LogP contribution in [0.2, 0.25) is 0 Å². The van der Waals surface area contributed by atoms with Crippen LogP contribution in [0.3, 0.4) is 0 Å². The van der Waals surface area contributed by atoms with Crippen LogP contribution in [0, 0.1) is 5.92 Å². The van der Waals surface area contributed by atoms with Crippen LogP contribution in [0.5, 0.6) is 5.75 Å². The number of piperazine rings is 1. The van der Waals surface area contributed by atoms with Gasteiger partial charge in [0.25, 0.3) is 5.91 Å².